The van der Waals surface area contributed by atoms with Gasteiger partial charge >= 0.3 is 0 Å². The summed E-state index contributed by atoms with van der Waals surface area (Å²) in [4.78, 5) is 39.6. The Labute approximate surface area is 144 Å². The molecule has 4 rings (SSSR count). The van der Waals surface area contributed by atoms with Crippen LogP contribution in [0.25, 0.3) is 0 Å². The summed E-state index contributed by atoms with van der Waals surface area (Å²) in [7, 11) is 0. The normalized spacial score (nSPS) is 20.2. The third kappa shape index (κ3) is 2.77. The predicted octanol–water partition coefficient (Wildman–Crippen LogP) is 0.435. The molecule has 0 radical (unpaired) electrons. The lowest BCUT2D eigenvalue weighted by Gasteiger charge is -2.34. The molecule has 1 N–H and O–H groups in total. The summed E-state index contributed by atoms with van der Waals surface area (Å²) in [5, 5.41) is 2.83. The quantitative estimate of drug-likeness (QED) is 0.632. The maximum Gasteiger partial charge on any atom is 0.240 e. The van der Waals surface area contributed by atoms with Gasteiger partial charge in [0.25, 0.3) is 0 Å². The van der Waals surface area contributed by atoms with E-state index in [4.69, 9.17) is 9.47 Å². The number of benzene rings is 1. The Kier molecular flexibility index (Phi) is 3.74. The first-order valence-corrected chi connectivity index (χ1v) is 8.32. The minimum Gasteiger partial charge on any atom is -0.454 e. The van der Waals surface area contributed by atoms with Crippen LogP contribution in [0.2, 0.25) is 0 Å². The van der Waals surface area contributed by atoms with E-state index in [1.807, 2.05) is 0 Å². The standard InChI is InChI=1S/C17H19N3O5/c21-10-19-5-7-20(8-6-19)16(23)17(3-4-17)15(22)18-12-1-2-13-14(9-12)25-11-24-13/h1-2,9-10H,3-8,11H2,(H,18,22). The molecule has 2 heterocycles. The van der Waals surface area contributed by atoms with Crippen molar-refractivity contribution in [1.29, 1.82) is 0 Å². The molecule has 8 heteroatoms. The van der Waals surface area contributed by atoms with E-state index in [0.717, 1.165) is 6.41 Å². The van der Waals surface area contributed by atoms with Gasteiger partial charge in [-0.05, 0) is 25.0 Å². The largest absolute Gasteiger partial charge is 0.454 e. The van der Waals surface area contributed by atoms with Gasteiger partial charge in [-0.1, -0.05) is 0 Å². The highest BCUT2D eigenvalue weighted by atomic mass is 16.7. The number of hydrogen-bond donors (Lipinski definition) is 1. The van der Waals surface area contributed by atoms with Crippen molar-refractivity contribution in [2.24, 2.45) is 5.41 Å². The van der Waals surface area contributed by atoms with Crippen molar-refractivity contribution in [2.45, 2.75) is 12.8 Å². The SMILES string of the molecule is O=CN1CCN(C(=O)C2(C(=O)Nc3ccc4c(c3)OCO4)CC2)CC1. The van der Waals surface area contributed by atoms with Gasteiger partial charge < -0.3 is 24.6 Å². The van der Waals surface area contributed by atoms with Crippen LogP contribution in [0, 0.1) is 5.41 Å². The van der Waals surface area contributed by atoms with E-state index in [-0.39, 0.29) is 18.6 Å². The maximum atomic E-state index is 12.8. The Morgan fingerprint density at radius 3 is 2.48 bits per heavy atom. The number of fused-ring (bicyclic) bond motifs is 1. The monoisotopic (exact) mass is 345 g/mol. The third-order valence-corrected chi connectivity index (χ3v) is 4.98. The molecule has 0 bridgehead atoms. The highest BCUT2D eigenvalue weighted by Gasteiger charge is 2.58. The van der Waals surface area contributed by atoms with Gasteiger partial charge in [0.05, 0.1) is 0 Å². The van der Waals surface area contributed by atoms with Crippen LogP contribution in [-0.4, -0.2) is 61.0 Å². The molecule has 0 unspecified atom stereocenters. The first-order valence-electron chi connectivity index (χ1n) is 8.32. The van der Waals surface area contributed by atoms with Crippen LogP contribution in [0.5, 0.6) is 11.5 Å². The number of ether oxygens (including phenoxy) is 2. The first-order chi connectivity index (χ1) is 12.1. The lowest BCUT2D eigenvalue weighted by atomic mass is 10.0. The van der Waals surface area contributed by atoms with Crippen LogP contribution in [0.1, 0.15) is 12.8 Å². The summed E-state index contributed by atoms with van der Waals surface area (Å²) in [5.41, 5.74) is -0.390. The van der Waals surface area contributed by atoms with Gasteiger partial charge in [0.15, 0.2) is 11.5 Å². The minimum atomic E-state index is -0.972. The van der Waals surface area contributed by atoms with Gasteiger partial charge in [0.1, 0.15) is 5.41 Å². The van der Waals surface area contributed by atoms with Crippen molar-refractivity contribution in [2.75, 3.05) is 38.3 Å². The second-order valence-electron chi connectivity index (χ2n) is 6.54. The van der Waals surface area contributed by atoms with Crippen LogP contribution in [-0.2, 0) is 14.4 Å². The molecule has 3 aliphatic rings. The van der Waals surface area contributed by atoms with E-state index in [1.165, 1.54) is 0 Å². The molecular weight excluding hydrogens is 326 g/mol. The number of hydrogen-bond acceptors (Lipinski definition) is 5. The highest BCUT2D eigenvalue weighted by molar-refractivity contribution is 6.13. The lowest BCUT2D eigenvalue weighted by Crippen LogP contribution is -2.52. The van der Waals surface area contributed by atoms with Crippen LogP contribution in [0.4, 0.5) is 5.69 Å². The number of nitrogens with one attached hydrogen (secondary N) is 1. The molecule has 1 aromatic carbocycles. The molecule has 1 aromatic rings. The third-order valence-electron chi connectivity index (χ3n) is 4.98. The van der Waals surface area contributed by atoms with Crippen molar-refractivity contribution in [3.8, 4) is 11.5 Å². The summed E-state index contributed by atoms with van der Waals surface area (Å²) in [6.07, 6.45) is 1.90. The molecule has 0 atom stereocenters. The molecule has 2 aliphatic heterocycles. The zero-order valence-electron chi connectivity index (χ0n) is 13.7. The smallest absolute Gasteiger partial charge is 0.240 e. The van der Waals surface area contributed by atoms with Crippen LogP contribution >= 0.6 is 0 Å². The van der Waals surface area contributed by atoms with Gasteiger partial charge in [-0.25, -0.2) is 0 Å². The molecule has 1 saturated carbocycles. The van der Waals surface area contributed by atoms with Gasteiger partial charge in [-0.3, -0.25) is 14.4 Å². The van der Waals surface area contributed by atoms with Crippen LogP contribution < -0.4 is 14.8 Å². The van der Waals surface area contributed by atoms with Crippen molar-refractivity contribution in [1.82, 2.24) is 9.80 Å². The highest BCUT2D eigenvalue weighted by Crippen LogP contribution is 2.48. The second-order valence-corrected chi connectivity index (χ2v) is 6.54. The van der Waals surface area contributed by atoms with Crippen LogP contribution in [0.15, 0.2) is 18.2 Å². The summed E-state index contributed by atoms with van der Waals surface area (Å²) >= 11 is 0. The van der Waals surface area contributed by atoms with E-state index in [9.17, 15) is 14.4 Å². The van der Waals surface area contributed by atoms with E-state index in [0.29, 0.717) is 56.2 Å². The number of rotatable bonds is 4. The fraction of sp³-hybridized carbons (Fsp3) is 0.471. The van der Waals surface area contributed by atoms with Crippen molar-refractivity contribution in [3.05, 3.63) is 18.2 Å². The van der Waals surface area contributed by atoms with E-state index >= 15 is 0 Å². The Balaban J connectivity index is 1.42. The van der Waals surface area contributed by atoms with Gasteiger partial charge in [0, 0.05) is 37.9 Å². The van der Waals surface area contributed by atoms with Gasteiger partial charge in [-0.15, -0.1) is 0 Å². The average Bonchev–Trinajstić information content (AvgIpc) is 3.33. The lowest BCUT2D eigenvalue weighted by molar-refractivity contribution is -0.144. The zero-order chi connectivity index (χ0) is 17.4. The molecule has 0 aromatic heterocycles. The first kappa shape index (κ1) is 15.7. The zero-order valence-corrected chi connectivity index (χ0v) is 13.7. The molecule has 3 amide bonds. The number of nitrogens with zero attached hydrogens (tertiary/aromatic N) is 2. The summed E-state index contributed by atoms with van der Waals surface area (Å²) < 4.78 is 10.6. The van der Waals surface area contributed by atoms with Crippen molar-refractivity contribution in [3.63, 3.8) is 0 Å². The molecular formula is C17H19N3O5. The second kappa shape index (κ2) is 5.94. The number of carbonyl (C=O) groups is 3. The van der Waals surface area contributed by atoms with Gasteiger partial charge in [0.2, 0.25) is 25.0 Å². The van der Waals surface area contributed by atoms with E-state index in [2.05, 4.69) is 5.32 Å². The Bertz CT molecular complexity index is 723. The number of amides is 3. The van der Waals surface area contributed by atoms with E-state index in [1.54, 1.807) is 28.0 Å². The maximum absolute atomic E-state index is 12.8. The van der Waals surface area contributed by atoms with Crippen LogP contribution in [0.3, 0.4) is 0 Å². The molecule has 2 fully saturated rings. The molecule has 8 nitrogen and oxygen atoms in total. The summed E-state index contributed by atoms with van der Waals surface area (Å²) in [6, 6.07) is 5.16. The van der Waals surface area contributed by atoms with Gasteiger partial charge in [-0.2, -0.15) is 0 Å². The molecule has 132 valence electrons. The van der Waals surface area contributed by atoms with Crippen molar-refractivity contribution >= 4 is 23.9 Å². The fourth-order valence-corrected chi connectivity index (χ4v) is 3.22. The van der Waals surface area contributed by atoms with Crippen molar-refractivity contribution < 1.29 is 23.9 Å². The number of piperazine rings is 1. The molecule has 0 spiro atoms. The molecule has 1 saturated heterocycles. The topological polar surface area (TPSA) is 88.2 Å². The Morgan fingerprint density at radius 1 is 1.08 bits per heavy atom. The number of anilines is 1. The molecule has 1 aliphatic carbocycles. The summed E-state index contributed by atoms with van der Waals surface area (Å²) in [6.45, 7) is 2.12. The average molecular weight is 345 g/mol. The Hall–Kier alpha value is -2.77. The minimum absolute atomic E-state index is 0.142. The molecule has 25 heavy (non-hydrogen) atoms. The fourth-order valence-electron chi connectivity index (χ4n) is 3.22. The Morgan fingerprint density at radius 2 is 1.80 bits per heavy atom. The number of carbonyl (C=O) groups excluding carboxylic acids is 3. The van der Waals surface area contributed by atoms with E-state index < -0.39 is 5.41 Å². The summed E-state index contributed by atoms with van der Waals surface area (Å²) in [5.74, 6) is 0.799. The predicted molar refractivity (Wildman–Crippen MR) is 87.1 cm³/mol.